The Morgan fingerprint density at radius 1 is 1.32 bits per heavy atom. The van der Waals surface area contributed by atoms with E-state index in [9.17, 15) is 0 Å². The summed E-state index contributed by atoms with van der Waals surface area (Å²) in [5.74, 6) is 2.16. The lowest BCUT2D eigenvalue weighted by molar-refractivity contribution is 0.123. The zero-order chi connectivity index (χ0) is 13.0. The Labute approximate surface area is 121 Å². The van der Waals surface area contributed by atoms with E-state index >= 15 is 0 Å². The van der Waals surface area contributed by atoms with Crippen molar-refractivity contribution in [3.8, 4) is 0 Å². The molecule has 0 bridgehead atoms. The molecule has 1 aliphatic heterocycles. The van der Waals surface area contributed by atoms with Gasteiger partial charge in [0.2, 0.25) is 0 Å². The minimum absolute atomic E-state index is 0.559. The van der Waals surface area contributed by atoms with Gasteiger partial charge in [-0.2, -0.15) is 0 Å². The molecule has 2 saturated carbocycles. The molecule has 0 unspecified atom stereocenters. The van der Waals surface area contributed by atoms with Gasteiger partial charge < -0.3 is 10.1 Å². The van der Waals surface area contributed by atoms with Crippen molar-refractivity contribution in [3.05, 3.63) is 0 Å². The SMILES string of the molecule is C(CNC1=NCC2(CCCC2)CS1)COCC1CC1. The lowest BCUT2D eigenvalue weighted by atomic mass is 9.89. The van der Waals surface area contributed by atoms with Gasteiger partial charge >= 0.3 is 0 Å². The molecule has 1 heterocycles. The highest BCUT2D eigenvalue weighted by atomic mass is 32.2. The molecule has 0 amide bonds. The molecule has 0 atom stereocenters. The highest BCUT2D eigenvalue weighted by Crippen LogP contribution is 2.43. The second kappa shape index (κ2) is 6.49. The molecule has 3 rings (SSSR count). The summed E-state index contributed by atoms with van der Waals surface area (Å²) in [7, 11) is 0. The Morgan fingerprint density at radius 3 is 2.84 bits per heavy atom. The molecule has 19 heavy (non-hydrogen) atoms. The van der Waals surface area contributed by atoms with E-state index in [2.05, 4.69) is 5.32 Å². The number of nitrogens with one attached hydrogen (secondary N) is 1. The molecular formula is C15H26N2OS. The van der Waals surface area contributed by atoms with E-state index in [1.807, 2.05) is 11.8 Å². The van der Waals surface area contributed by atoms with E-state index in [-0.39, 0.29) is 0 Å². The Morgan fingerprint density at radius 2 is 2.16 bits per heavy atom. The molecule has 3 nitrogen and oxygen atoms in total. The van der Waals surface area contributed by atoms with Crippen LogP contribution in [0.5, 0.6) is 0 Å². The van der Waals surface area contributed by atoms with Gasteiger partial charge in [-0.3, -0.25) is 4.99 Å². The molecule has 108 valence electrons. The van der Waals surface area contributed by atoms with Crippen molar-refractivity contribution in [2.75, 3.05) is 32.1 Å². The van der Waals surface area contributed by atoms with E-state index in [0.717, 1.165) is 38.6 Å². The molecule has 0 aromatic rings. The first-order valence-corrected chi connectivity index (χ1v) is 8.84. The van der Waals surface area contributed by atoms with Gasteiger partial charge in [0.25, 0.3) is 0 Å². The third-order valence-corrected chi connectivity index (χ3v) is 5.83. The van der Waals surface area contributed by atoms with Crippen LogP contribution in [-0.2, 0) is 4.74 Å². The Hall–Kier alpha value is -0.220. The van der Waals surface area contributed by atoms with Gasteiger partial charge in [-0.1, -0.05) is 24.6 Å². The summed E-state index contributed by atoms with van der Waals surface area (Å²) >= 11 is 1.94. The van der Waals surface area contributed by atoms with Gasteiger partial charge in [0.1, 0.15) is 0 Å². The monoisotopic (exact) mass is 282 g/mol. The van der Waals surface area contributed by atoms with Crippen LogP contribution >= 0.6 is 11.8 Å². The van der Waals surface area contributed by atoms with Gasteiger partial charge in [0.15, 0.2) is 5.17 Å². The minimum atomic E-state index is 0.559. The van der Waals surface area contributed by atoms with Crippen molar-refractivity contribution in [1.82, 2.24) is 5.32 Å². The van der Waals surface area contributed by atoms with E-state index in [4.69, 9.17) is 9.73 Å². The predicted molar refractivity (Wildman–Crippen MR) is 81.8 cm³/mol. The van der Waals surface area contributed by atoms with Crippen LogP contribution in [0, 0.1) is 11.3 Å². The van der Waals surface area contributed by atoms with E-state index in [1.54, 1.807) is 0 Å². The van der Waals surface area contributed by atoms with Crippen molar-refractivity contribution in [2.24, 2.45) is 16.3 Å². The standard InChI is InChI=1S/C15H26N2OS/c1-2-7-15(6-1)11-17-14(19-12-15)16-8-3-9-18-10-13-4-5-13/h13H,1-12H2,(H,16,17). The number of aliphatic imine (C=N–C) groups is 1. The zero-order valence-electron chi connectivity index (χ0n) is 11.8. The Balaban J connectivity index is 1.27. The van der Waals surface area contributed by atoms with Crippen molar-refractivity contribution in [3.63, 3.8) is 0 Å². The van der Waals surface area contributed by atoms with Crippen molar-refractivity contribution in [2.45, 2.75) is 44.9 Å². The second-order valence-electron chi connectivity index (χ2n) is 6.42. The van der Waals surface area contributed by atoms with Crippen LogP contribution in [0.4, 0.5) is 0 Å². The maximum Gasteiger partial charge on any atom is 0.156 e. The third-order valence-electron chi connectivity index (χ3n) is 4.53. The van der Waals surface area contributed by atoms with E-state index in [0.29, 0.717) is 5.41 Å². The molecule has 0 radical (unpaired) electrons. The maximum absolute atomic E-state index is 5.64. The highest BCUT2D eigenvalue weighted by Gasteiger charge is 2.36. The summed E-state index contributed by atoms with van der Waals surface area (Å²) in [5, 5.41) is 4.63. The lowest BCUT2D eigenvalue weighted by Gasteiger charge is -2.31. The fourth-order valence-corrected chi connectivity index (χ4v) is 4.17. The third kappa shape index (κ3) is 4.12. The predicted octanol–water partition coefficient (Wildman–Crippen LogP) is 3.06. The number of amidine groups is 1. The Kier molecular flexibility index (Phi) is 4.69. The molecule has 1 N–H and O–H groups in total. The van der Waals surface area contributed by atoms with Gasteiger partial charge in [-0.05, 0) is 43.4 Å². The number of hydrogen-bond donors (Lipinski definition) is 1. The highest BCUT2D eigenvalue weighted by molar-refractivity contribution is 8.13. The van der Waals surface area contributed by atoms with E-state index in [1.165, 1.54) is 49.4 Å². The summed E-state index contributed by atoms with van der Waals surface area (Å²) < 4.78 is 5.64. The van der Waals surface area contributed by atoms with E-state index < -0.39 is 0 Å². The van der Waals surface area contributed by atoms with Crippen LogP contribution in [0.2, 0.25) is 0 Å². The topological polar surface area (TPSA) is 33.6 Å². The zero-order valence-corrected chi connectivity index (χ0v) is 12.6. The fourth-order valence-electron chi connectivity index (χ4n) is 2.99. The van der Waals surface area contributed by atoms with Crippen LogP contribution in [-0.4, -0.2) is 37.2 Å². The van der Waals surface area contributed by atoms with Crippen molar-refractivity contribution < 1.29 is 4.74 Å². The molecule has 1 spiro atoms. The molecule has 0 aromatic carbocycles. The second-order valence-corrected chi connectivity index (χ2v) is 7.38. The molecule has 3 aliphatic rings. The lowest BCUT2D eigenvalue weighted by Crippen LogP contribution is -2.34. The first-order valence-electron chi connectivity index (χ1n) is 7.85. The number of hydrogen-bond acceptors (Lipinski definition) is 4. The van der Waals surface area contributed by atoms with Gasteiger partial charge in [0.05, 0.1) is 0 Å². The molecule has 2 aliphatic carbocycles. The molecular weight excluding hydrogens is 256 g/mol. The van der Waals surface area contributed by atoms with Crippen LogP contribution in [0.15, 0.2) is 4.99 Å². The molecule has 2 fully saturated rings. The largest absolute Gasteiger partial charge is 0.381 e. The number of nitrogens with zero attached hydrogens (tertiary/aromatic N) is 1. The number of ether oxygens (including phenoxy) is 1. The molecule has 0 saturated heterocycles. The fraction of sp³-hybridized carbons (Fsp3) is 0.933. The number of thioether (sulfide) groups is 1. The maximum atomic E-state index is 5.64. The van der Waals surface area contributed by atoms with Crippen LogP contribution in [0.25, 0.3) is 0 Å². The van der Waals surface area contributed by atoms with Crippen LogP contribution in [0.3, 0.4) is 0 Å². The minimum Gasteiger partial charge on any atom is -0.381 e. The quantitative estimate of drug-likeness (QED) is 0.760. The smallest absolute Gasteiger partial charge is 0.156 e. The average molecular weight is 282 g/mol. The van der Waals surface area contributed by atoms with Gasteiger partial charge in [0, 0.05) is 32.1 Å². The van der Waals surface area contributed by atoms with Crippen LogP contribution in [0.1, 0.15) is 44.9 Å². The van der Waals surface area contributed by atoms with Crippen LogP contribution < -0.4 is 5.32 Å². The Bertz CT molecular complexity index is 322. The van der Waals surface area contributed by atoms with Gasteiger partial charge in [-0.15, -0.1) is 0 Å². The number of rotatable bonds is 6. The summed E-state index contributed by atoms with van der Waals surface area (Å²) in [4.78, 5) is 4.75. The summed E-state index contributed by atoms with van der Waals surface area (Å²) in [6.07, 6.45) is 9.48. The summed E-state index contributed by atoms with van der Waals surface area (Å²) in [6, 6.07) is 0. The normalized spacial score (nSPS) is 25.6. The summed E-state index contributed by atoms with van der Waals surface area (Å²) in [5.41, 5.74) is 0.559. The first kappa shape index (κ1) is 13.7. The average Bonchev–Trinajstić information content (AvgIpc) is 3.16. The first-order chi connectivity index (χ1) is 9.36. The molecule has 0 aromatic heterocycles. The van der Waals surface area contributed by atoms with Crippen molar-refractivity contribution >= 4 is 16.9 Å². The summed E-state index contributed by atoms with van der Waals surface area (Å²) in [6.45, 7) is 3.94. The molecule has 4 heteroatoms. The van der Waals surface area contributed by atoms with Crippen molar-refractivity contribution in [1.29, 1.82) is 0 Å². The van der Waals surface area contributed by atoms with Gasteiger partial charge in [-0.25, -0.2) is 0 Å².